The van der Waals surface area contributed by atoms with Crippen LogP contribution in [0.3, 0.4) is 0 Å². The van der Waals surface area contributed by atoms with Crippen LogP contribution in [0.1, 0.15) is 24.6 Å². The molecule has 1 aromatic heterocycles. The Morgan fingerprint density at radius 3 is 2.67 bits per heavy atom. The van der Waals surface area contributed by atoms with Crippen molar-refractivity contribution < 1.29 is 4.39 Å². The summed E-state index contributed by atoms with van der Waals surface area (Å²) in [4.78, 5) is 0. The lowest BCUT2D eigenvalue weighted by Gasteiger charge is -2.08. The van der Waals surface area contributed by atoms with E-state index in [0.29, 0.717) is 11.3 Å². The van der Waals surface area contributed by atoms with Gasteiger partial charge in [-0.05, 0) is 38.0 Å². The second-order valence-electron chi connectivity index (χ2n) is 4.56. The molecular weight excluding hydrogens is 229 g/mol. The van der Waals surface area contributed by atoms with Crippen LogP contribution in [0.5, 0.6) is 0 Å². The number of nitrogens with two attached hydrogens (primary N) is 1. The number of hydrogen-bond acceptors (Lipinski definition) is 2. The zero-order chi connectivity index (χ0) is 13.3. The highest BCUT2D eigenvalue weighted by atomic mass is 19.1. The maximum absolute atomic E-state index is 14.0. The molecule has 2 N–H and O–H groups in total. The Balaban J connectivity index is 2.52. The van der Waals surface area contributed by atoms with Gasteiger partial charge in [0.05, 0.1) is 6.20 Å². The van der Waals surface area contributed by atoms with Crippen LogP contribution < -0.4 is 5.73 Å². The molecule has 0 unspecified atom stereocenters. The fourth-order valence-electron chi connectivity index (χ4n) is 2.04. The van der Waals surface area contributed by atoms with E-state index in [1.165, 1.54) is 6.07 Å². The van der Waals surface area contributed by atoms with E-state index < -0.39 is 0 Å². The van der Waals surface area contributed by atoms with Crippen molar-refractivity contribution >= 4 is 5.69 Å². The van der Waals surface area contributed by atoms with Crippen molar-refractivity contribution in [1.29, 1.82) is 0 Å². The molecule has 0 aliphatic heterocycles. The molecule has 0 saturated heterocycles. The summed E-state index contributed by atoms with van der Waals surface area (Å²) in [7, 11) is 0. The van der Waals surface area contributed by atoms with E-state index in [9.17, 15) is 4.39 Å². The van der Waals surface area contributed by atoms with Crippen LogP contribution in [0.15, 0.2) is 18.3 Å². The maximum atomic E-state index is 14.0. The number of benzene rings is 1. The zero-order valence-electron chi connectivity index (χ0n) is 11.0. The van der Waals surface area contributed by atoms with Crippen molar-refractivity contribution in [2.45, 2.75) is 33.7 Å². The first kappa shape index (κ1) is 12.6. The van der Waals surface area contributed by atoms with E-state index in [0.717, 1.165) is 29.8 Å². The van der Waals surface area contributed by atoms with Crippen LogP contribution >= 0.6 is 0 Å². The predicted octanol–water partition coefficient (Wildman–Crippen LogP) is 3.30. The number of aromatic nitrogens is 2. The highest BCUT2D eigenvalue weighted by molar-refractivity contribution is 5.70. The first-order chi connectivity index (χ1) is 8.54. The number of rotatable bonds is 3. The average Bonchev–Trinajstić information content (AvgIpc) is 2.67. The summed E-state index contributed by atoms with van der Waals surface area (Å²) in [6, 6.07) is 3.16. The van der Waals surface area contributed by atoms with Gasteiger partial charge in [0.2, 0.25) is 0 Å². The minimum Gasteiger partial charge on any atom is -0.398 e. The van der Waals surface area contributed by atoms with Gasteiger partial charge in [0.15, 0.2) is 0 Å². The first-order valence-electron chi connectivity index (χ1n) is 6.13. The van der Waals surface area contributed by atoms with Crippen molar-refractivity contribution in [2.75, 3.05) is 5.73 Å². The summed E-state index contributed by atoms with van der Waals surface area (Å²) in [6.07, 6.45) is 2.71. The molecule has 0 aliphatic carbocycles. The normalized spacial score (nSPS) is 10.9. The van der Waals surface area contributed by atoms with Gasteiger partial charge in [0.25, 0.3) is 0 Å². The van der Waals surface area contributed by atoms with Gasteiger partial charge in [-0.15, -0.1) is 0 Å². The Labute approximate surface area is 106 Å². The standard InChI is InChI=1S/C14H18FN3/c1-4-5-18-10(3)12(8-17-18)11-7-14(16)9(2)6-13(11)15/h6-8H,4-5,16H2,1-3H3. The van der Waals surface area contributed by atoms with Gasteiger partial charge in [-0.25, -0.2) is 4.39 Å². The molecule has 2 rings (SSSR count). The Morgan fingerprint density at radius 1 is 1.28 bits per heavy atom. The molecule has 3 nitrogen and oxygen atoms in total. The van der Waals surface area contributed by atoms with Gasteiger partial charge in [-0.1, -0.05) is 6.92 Å². The van der Waals surface area contributed by atoms with E-state index in [1.54, 1.807) is 19.2 Å². The average molecular weight is 247 g/mol. The summed E-state index contributed by atoms with van der Waals surface area (Å²) < 4.78 is 15.9. The van der Waals surface area contributed by atoms with Gasteiger partial charge >= 0.3 is 0 Å². The molecule has 96 valence electrons. The molecule has 0 aliphatic rings. The van der Waals surface area contributed by atoms with E-state index in [-0.39, 0.29) is 5.82 Å². The molecule has 1 heterocycles. The quantitative estimate of drug-likeness (QED) is 0.846. The Hall–Kier alpha value is -1.84. The van der Waals surface area contributed by atoms with E-state index in [4.69, 9.17) is 5.73 Å². The van der Waals surface area contributed by atoms with Gasteiger partial charge in [-0.2, -0.15) is 5.10 Å². The Kier molecular flexibility index (Phi) is 3.36. The van der Waals surface area contributed by atoms with Crippen molar-refractivity contribution in [1.82, 2.24) is 9.78 Å². The summed E-state index contributed by atoms with van der Waals surface area (Å²) in [6.45, 7) is 6.68. The van der Waals surface area contributed by atoms with Crippen LogP contribution in [0, 0.1) is 19.7 Å². The summed E-state index contributed by atoms with van der Waals surface area (Å²) >= 11 is 0. The summed E-state index contributed by atoms with van der Waals surface area (Å²) in [5.74, 6) is -0.249. The minimum atomic E-state index is -0.249. The van der Waals surface area contributed by atoms with E-state index in [1.807, 2.05) is 11.6 Å². The molecule has 0 fully saturated rings. The predicted molar refractivity (Wildman–Crippen MR) is 71.8 cm³/mol. The number of anilines is 1. The molecule has 0 saturated carbocycles. The lowest BCUT2D eigenvalue weighted by Crippen LogP contribution is -2.01. The van der Waals surface area contributed by atoms with Crippen LogP contribution in [-0.4, -0.2) is 9.78 Å². The molecule has 18 heavy (non-hydrogen) atoms. The van der Waals surface area contributed by atoms with Gasteiger partial charge < -0.3 is 5.73 Å². The number of aryl methyl sites for hydroxylation is 2. The topological polar surface area (TPSA) is 43.8 Å². The third kappa shape index (κ3) is 2.10. The van der Waals surface area contributed by atoms with Crippen LogP contribution in [0.2, 0.25) is 0 Å². The fraction of sp³-hybridized carbons (Fsp3) is 0.357. The second-order valence-corrected chi connectivity index (χ2v) is 4.56. The highest BCUT2D eigenvalue weighted by Crippen LogP contribution is 2.29. The minimum absolute atomic E-state index is 0.249. The third-order valence-electron chi connectivity index (χ3n) is 3.18. The van der Waals surface area contributed by atoms with Crippen molar-refractivity contribution in [3.05, 3.63) is 35.4 Å². The van der Waals surface area contributed by atoms with Crippen molar-refractivity contribution in [3.63, 3.8) is 0 Å². The van der Waals surface area contributed by atoms with Crippen molar-refractivity contribution in [2.24, 2.45) is 0 Å². The fourth-order valence-corrected chi connectivity index (χ4v) is 2.04. The Bertz CT molecular complexity index is 573. The lowest BCUT2D eigenvalue weighted by molar-refractivity contribution is 0.587. The van der Waals surface area contributed by atoms with Crippen LogP contribution in [0.4, 0.5) is 10.1 Å². The number of halogens is 1. The zero-order valence-corrected chi connectivity index (χ0v) is 11.0. The van der Waals surface area contributed by atoms with E-state index in [2.05, 4.69) is 12.0 Å². The van der Waals surface area contributed by atoms with Gasteiger partial charge in [-0.3, -0.25) is 4.68 Å². The lowest BCUT2D eigenvalue weighted by atomic mass is 10.0. The smallest absolute Gasteiger partial charge is 0.131 e. The second kappa shape index (κ2) is 4.80. The van der Waals surface area contributed by atoms with Gasteiger partial charge in [0.1, 0.15) is 5.82 Å². The van der Waals surface area contributed by atoms with Crippen LogP contribution in [-0.2, 0) is 6.54 Å². The molecule has 0 bridgehead atoms. The monoisotopic (exact) mass is 247 g/mol. The van der Waals surface area contributed by atoms with Crippen LogP contribution in [0.25, 0.3) is 11.1 Å². The third-order valence-corrected chi connectivity index (χ3v) is 3.18. The first-order valence-corrected chi connectivity index (χ1v) is 6.13. The number of hydrogen-bond donors (Lipinski definition) is 1. The SMILES string of the molecule is CCCn1ncc(-c2cc(N)c(C)cc2F)c1C. The molecule has 4 heteroatoms. The molecule has 0 amide bonds. The molecule has 1 aromatic carbocycles. The van der Waals surface area contributed by atoms with Crippen molar-refractivity contribution in [3.8, 4) is 11.1 Å². The molecule has 0 spiro atoms. The summed E-state index contributed by atoms with van der Waals surface area (Å²) in [5, 5.41) is 4.28. The maximum Gasteiger partial charge on any atom is 0.131 e. The number of nitrogens with zero attached hydrogens (tertiary/aromatic N) is 2. The number of nitrogen functional groups attached to an aromatic ring is 1. The molecule has 0 radical (unpaired) electrons. The molecular formula is C14H18FN3. The summed E-state index contributed by atoms with van der Waals surface area (Å²) in [5.41, 5.74) is 9.52. The van der Waals surface area contributed by atoms with E-state index >= 15 is 0 Å². The molecule has 2 aromatic rings. The largest absolute Gasteiger partial charge is 0.398 e. The molecule has 0 atom stereocenters. The Morgan fingerprint density at radius 2 is 2.00 bits per heavy atom. The van der Waals surface area contributed by atoms with Gasteiger partial charge in [0, 0.05) is 29.1 Å². The highest BCUT2D eigenvalue weighted by Gasteiger charge is 2.13.